The summed E-state index contributed by atoms with van der Waals surface area (Å²) in [6.45, 7) is 4.34. The summed E-state index contributed by atoms with van der Waals surface area (Å²) in [5.74, 6) is 1.16. The standard InChI is InChI=1S/C28H36F2N2O3.CH3F/c1-4-34-23-14-15-24(26(17-23)32(3)22-6-5-7-22)25(27(29)30)16-19-8-12-21(13-9-19)31-28(33)35-18(2)20-10-11-20;1-2/h8-9,12,14-18,20-22,27H,4-7,10-11,13H2,1-3H3,(H,31,33);1H3/b25-16-;. The Morgan fingerprint density at radius 2 is 1.95 bits per heavy atom. The van der Waals surface area contributed by atoms with Gasteiger partial charge in [-0.15, -0.1) is 0 Å². The first-order valence-electron chi connectivity index (χ1n) is 13.1. The first-order valence-corrected chi connectivity index (χ1v) is 13.1. The zero-order chi connectivity index (χ0) is 26.9. The van der Waals surface area contributed by atoms with Gasteiger partial charge in [0.25, 0.3) is 6.43 Å². The van der Waals surface area contributed by atoms with Crippen molar-refractivity contribution < 1.29 is 27.4 Å². The third-order valence-corrected chi connectivity index (χ3v) is 7.16. The van der Waals surface area contributed by atoms with Crippen molar-refractivity contribution in [2.75, 3.05) is 25.7 Å². The number of carbonyl (C=O) groups is 1. The van der Waals surface area contributed by atoms with E-state index in [1.165, 1.54) is 0 Å². The zero-order valence-electron chi connectivity index (χ0n) is 22.2. The van der Waals surface area contributed by atoms with E-state index < -0.39 is 12.5 Å². The van der Waals surface area contributed by atoms with Crippen LogP contribution in [-0.2, 0) is 4.74 Å². The fourth-order valence-electron chi connectivity index (χ4n) is 4.58. The number of nitrogens with zero attached hydrogens (tertiary/aromatic N) is 1. The van der Waals surface area contributed by atoms with Crippen LogP contribution in [0.2, 0.25) is 0 Å². The van der Waals surface area contributed by atoms with Crippen LogP contribution in [0, 0.1) is 5.92 Å². The average molecular weight is 521 g/mol. The first-order chi connectivity index (χ1) is 17.9. The van der Waals surface area contributed by atoms with Crippen LogP contribution in [0.4, 0.5) is 23.7 Å². The summed E-state index contributed by atoms with van der Waals surface area (Å²) in [6.07, 6.45) is 9.92. The average Bonchev–Trinajstić information content (AvgIpc) is 3.70. The number of carbonyl (C=O) groups excluding carboxylic acids is 1. The Hall–Kier alpha value is -2.90. The van der Waals surface area contributed by atoms with Crippen molar-refractivity contribution in [3.05, 3.63) is 53.6 Å². The first kappa shape index (κ1) is 28.7. The van der Waals surface area contributed by atoms with Crippen LogP contribution in [-0.4, -0.2) is 51.5 Å². The van der Waals surface area contributed by atoms with Gasteiger partial charge in [-0.25, -0.2) is 13.6 Å². The van der Waals surface area contributed by atoms with Crippen molar-refractivity contribution in [1.82, 2.24) is 5.32 Å². The molecule has 2 atom stereocenters. The Labute approximate surface area is 218 Å². The summed E-state index contributed by atoms with van der Waals surface area (Å²) in [5.41, 5.74) is 1.96. The highest BCUT2D eigenvalue weighted by Crippen LogP contribution is 2.38. The van der Waals surface area contributed by atoms with Gasteiger partial charge in [0.05, 0.1) is 19.8 Å². The third kappa shape index (κ3) is 7.79. The number of nitrogens with one attached hydrogen (secondary N) is 1. The van der Waals surface area contributed by atoms with E-state index in [1.807, 2.05) is 39.1 Å². The molecule has 3 aliphatic rings. The molecule has 2 unspecified atom stereocenters. The maximum atomic E-state index is 14.3. The van der Waals surface area contributed by atoms with E-state index in [2.05, 4.69) is 10.2 Å². The lowest BCUT2D eigenvalue weighted by atomic mass is 9.90. The maximum Gasteiger partial charge on any atom is 0.407 e. The molecule has 2 fully saturated rings. The van der Waals surface area contributed by atoms with Crippen LogP contribution >= 0.6 is 0 Å². The number of rotatable bonds is 10. The largest absolute Gasteiger partial charge is 0.494 e. The predicted molar refractivity (Wildman–Crippen MR) is 142 cm³/mol. The van der Waals surface area contributed by atoms with Crippen molar-refractivity contribution in [3.63, 3.8) is 0 Å². The molecule has 0 bridgehead atoms. The highest BCUT2D eigenvalue weighted by atomic mass is 19.3. The monoisotopic (exact) mass is 520 g/mol. The van der Waals surface area contributed by atoms with E-state index in [9.17, 15) is 18.0 Å². The summed E-state index contributed by atoms with van der Waals surface area (Å²) in [6, 6.07) is 5.50. The molecular formula is C29H39F3N2O3. The Morgan fingerprint density at radius 1 is 1.22 bits per heavy atom. The van der Waals surface area contributed by atoms with Gasteiger partial charge in [-0.05, 0) is 82.1 Å². The second-order valence-corrected chi connectivity index (χ2v) is 9.71. The summed E-state index contributed by atoms with van der Waals surface area (Å²) >= 11 is 0. The van der Waals surface area contributed by atoms with Crippen LogP contribution < -0.4 is 15.0 Å². The van der Waals surface area contributed by atoms with Gasteiger partial charge in [-0.3, -0.25) is 4.39 Å². The molecular weight excluding hydrogens is 481 g/mol. The molecule has 0 spiro atoms. The number of hydrogen-bond donors (Lipinski definition) is 1. The van der Waals surface area contributed by atoms with Crippen LogP contribution in [0.15, 0.2) is 48.1 Å². The number of alkyl halides is 3. The molecule has 0 radical (unpaired) electrons. The number of alkyl carbamates (subject to hydrolysis) is 1. The lowest BCUT2D eigenvalue weighted by molar-refractivity contribution is 0.0938. The van der Waals surface area contributed by atoms with E-state index in [0.29, 0.717) is 49.1 Å². The highest BCUT2D eigenvalue weighted by molar-refractivity contribution is 5.81. The minimum Gasteiger partial charge on any atom is -0.494 e. The summed E-state index contributed by atoms with van der Waals surface area (Å²) in [5, 5.41) is 2.85. The Kier molecular flexibility index (Phi) is 10.5. The topological polar surface area (TPSA) is 50.8 Å². The molecule has 1 aromatic rings. The van der Waals surface area contributed by atoms with E-state index in [1.54, 1.807) is 24.3 Å². The molecule has 4 rings (SSSR count). The Morgan fingerprint density at radius 3 is 2.49 bits per heavy atom. The van der Waals surface area contributed by atoms with Gasteiger partial charge in [-0.1, -0.05) is 18.2 Å². The van der Waals surface area contributed by atoms with Crippen molar-refractivity contribution in [2.24, 2.45) is 5.92 Å². The van der Waals surface area contributed by atoms with Gasteiger partial charge in [0.1, 0.15) is 11.9 Å². The number of anilines is 1. The second kappa shape index (κ2) is 13.6. The minimum absolute atomic E-state index is 0.0193. The predicted octanol–water partition coefficient (Wildman–Crippen LogP) is 7.09. The van der Waals surface area contributed by atoms with Gasteiger partial charge in [-0.2, -0.15) is 0 Å². The lowest BCUT2D eigenvalue weighted by Gasteiger charge is -2.37. The molecule has 37 heavy (non-hydrogen) atoms. The van der Waals surface area contributed by atoms with Crippen molar-refractivity contribution in [3.8, 4) is 5.75 Å². The van der Waals surface area contributed by atoms with Crippen LogP contribution in [0.5, 0.6) is 5.75 Å². The Balaban J connectivity index is 0.00000186. The van der Waals surface area contributed by atoms with Gasteiger partial charge >= 0.3 is 6.09 Å². The fourth-order valence-corrected chi connectivity index (χ4v) is 4.58. The number of ether oxygens (including phenoxy) is 2. The van der Waals surface area contributed by atoms with Crippen LogP contribution in [0.25, 0.3) is 5.57 Å². The summed E-state index contributed by atoms with van der Waals surface area (Å²) < 4.78 is 49.2. The molecule has 0 heterocycles. The fraction of sp³-hybridized carbons (Fsp3) is 0.552. The molecule has 0 aliphatic heterocycles. The quantitative estimate of drug-likeness (QED) is 0.358. The molecule has 3 aliphatic carbocycles. The maximum absolute atomic E-state index is 14.3. The zero-order valence-corrected chi connectivity index (χ0v) is 22.2. The van der Waals surface area contributed by atoms with Gasteiger partial charge < -0.3 is 19.7 Å². The summed E-state index contributed by atoms with van der Waals surface area (Å²) in [4.78, 5) is 14.2. The molecule has 1 amide bonds. The van der Waals surface area contributed by atoms with E-state index in [-0.39, 0.29) is 17.7 Å². The van der Waals surface area contributed by atoms with Gasteiger partial charge in [0, 0.05) is 36.0 Å². The minimum atomic E-state index is -2.63. The highest BCUT2D eigenvalue weighted by Gasteiger charge is 2.31. The lowest BCUT2D eigenvalue weighted by Crippen LogP contribution is -2.37. The number of benzene rings is 1. The van der Waals surface area contributed by atoms with Gasteiger partial charge in [0.2, 0.25) is 0 Å². The molecule has 2 saturated carbocycles. The smallest absolute Gasteiger partial charge is 0.407 e. The van der Waals surface area contributed by atoms with Crippen LogP contribution in [0.3, 0.4) is 0 Å². The third-order valence-electron chi connectivity index (χ3n) is 7.16. The van der Waals surface area contributed by atoms with Crippen molar-refractivity contribution >= 4 is 17.4 Å². The van der Waals surface area contributed by atoms with Crippen molar-refractivity contribution in [1.29, 1.82) is 0 Å². The van der Waals surface area contributed by atoms with Crippen LogP contribution in [0.1, 0.15) is 57.9 Å². The molecule has 204 valence electrons. The summed E-state index contributed by atoms with van der Waals surface area (Å²) in [7, 11) is 2.47. The number of allylic oxidation sites excluding steroid dienone is 4. The second-order valence-electron chi connectivity index (χ2n) is 9.71. The molecule has 5 nitrogen and oxygen atoms in total. The molecule has 0 saturated heterocycles. The van der Waals surface area contributed by atoms with E-state index in [0.717, 1.165) is 37.8 Å². The normalized spacial score (nSPS) is 20.3. The Bertz CT molecular complexity index is 1000. The molecule has 0 aromatic heterocycles. The number of hydrogen-bond acceptors (Lipinski definition) is 4. The molecule has 1 aromatic carbocycles. The SMILES string of the molecule is CCOc1ccc(/C(=C/C2=CCC(NC(=O)OC(C)C3CC3)C=C2)C(F)F)c(N(C)C2CCC2)c1.CF. The molecule has 8 heteroatoms. The molecule has 1 N–H and O–H groups in total. The number of amides is 1. The number of halogens is 3. The van der Waals surface area contributed by atoms with E-state index in [4.69, 9.17) is 9.47 Å². The van der Waals surface area contributed by atoms with E-state index >= 15 is 0 Å². The van der Waals surface area contributed by atoms with Gasteiger partial charge in [0.15, 0.2) is 0 Å². The van der Waals surface area contributed by atoms with Crippen molar-refractivity contribution in [2.45, 2.75) is 77.0 Å².